The molecule has 16 heavy (non-hydrogen) atoms. The summed E-state index contributed by atoms with van der Waals surface area (Å²) in [6.07, 6.45) is 3.31. The van der Waals surface area contributed by atoms with E-state index in [1.807, 2.05) is 0 Å². The van der Waals surface area contributed by atoms with Gasteiger partial charge in [0.05, 0.1) is 6.10 Å². The lowest BCUT2D eigenvalue weighted by Crippen LogP contribution is -2.21. The van der Waals surface area contributed by atoms with E-state index in [0.29, 0.717) is 12.3 Å². The molecule has 0 fully saturated rings. The predicted molar refractivity (Wildman–Crippen MR) is 63.8 cm³/mol. The molecule has 0 spiro atoms. The van der Waals surface area contributed by atoms with E-state index in [9.17, 15) is 4.79 Å². The van der Waals surface area contributed by atoms with E-state index >= 15 is 0 Å². The molecule has 0 heterocycles. The van der Waals surface area contributed by atoms with Gasteiger partial charge in [-0.25, -0.2) is 4.79 Å². The van der Waals surface area contributed by atoms with Crippen molar-refractivity contribution in [1.82, 2.24) is 0 Å². The maximum atomic E-state index is 11.4. The Morgan fingerprint density at radius 1 is 1.25 bits per heavy atom. The van der Waals surface area contributed by atoms with Crippen molar-refractivity contribution in [3.8, 4) is 0 Å². The van der Waals surface area contributed by atoms with Gasteiger partial charge in [0.1, 0.15) is 0 Å². The van der Waals surface area contributed by atoms with Gasteiger partial charge < -0.3 is 9.94 Å². The van der Waals surface area contributed by atoms with Gasteiger partial charge in [0.2, 0.25) is 0 Å². The highest BCUT2D eigenvalue weighted by Gasteiger charge is 2.14. The molecule has 0 rings (SSSR count). The third-order valence-corrected chi connectivity index (χ3v) is 2.14. The lowest BCUT2D eigenvalue weighted by molar-refractivity contribution is -0.139. The molecule has 0 aromatic rings. The van der Waals surface area contributed by atoms with E-state index in [1.165, 1.54) is 0 Å². The van der Waals surface area contributed by atoms with Crippen molar-refractivity contribution < 1.29 is 14.7 Å². The summed E-state index contributed by atoms with van der Waals surface area (Å²) in [5.41, 5.74) is 0.123. The molecule has 0 aliphatic rings. The molecule has 0 saturated carbocycles. The van der Waals surface area contributed by atoms with Crippen LogP contribution in [0.2, 0.25) is 0 Å². The molecule has 0 aliphatic heterocycles. The fourth-order valence-corrected chi connectivity index (χ4v) is 1.32. The van der Waals surface area contributed by atoms with Crippen LogP contribution in [0.5, 0.6) is 0 Å². The Bertz CT molecular complexity index is 234. The summed E-state index contributed by atoms with van der Waals surface area (Å²) in [7, 11) is 0. The molecule has 4 nitrogen and oxygen atoms in total. The maximum absolute atomic E-state index is 11.4. The first kappa shape index (κ1) is 14.9. The molecule has 0 aliphatic carbocycles. The quantitative estimate of drug-likeness (QED) is 0.240. The normalized spacial score (nSPS) is 12.2. The molecule has 0 amide bonds. The number of ether oxygens (including phenoxy) is 1. The van der Waals surface area contributed by atoms with Crippen LogP contribution >= 0.6 is 0 Å². The molecule has 0 bridgehead atoms. The zero-order chi connectivity index (χ0) is 12.6. The standard InChI is InChI=1S/C12H23NO3/c1-9(2)7-5-6-8-11(13-15)12(14)16-10(3)4/h9-10,15H,5-8H2,1-4H3. The van der Waals surface area contributed by atoms with Gasteiger partial charge in [-0.1, -0.05) is 31.8 Å². The minimum absolute atomic E-state index is 0.123. The van der Waals surface area contributed by atoms with Gasteiger partial charge in [0.25, 0.3) is 0 Å². The van der Waals surface area contributed by atoms with Crippen molar-refractivity contribution in [1.29, 1.82) is 0 Å². The highest BCUT2D eigenvalue weighted by molar-refractivity contribution is 6.36. The number of carbonyl (C=O) groups is 1. The Kier molecular flexibility index (Phi) is 7.60. The second kappa shape index (κ2) is 8.13. The summed E-state index contributed by atoms with van der Waals surface area (Å²) in [4.78, 5) is 11.4. The lowest BCUT2D eigenvalue weighted by Gasteiger charge is -2.09. The summed E-state index contributed by atoms with van der Waals surface area (Å²) in [6.45, 7) is 7.86. The van der Waals surface area contributed by atoms with Crippen LogP contribution in [0.3, 0.4) is 0 Å². The molecule has 0 saturated heterocycles. The highest BCUT2D eigenvalue weighted by atomic mass is 16.5. The summed E-state index contributed by atoms with van der Waals surface area (Å²) < 4.78 is 4.95. The number of esters is 1. The molecule has 94 valence electrons. The molecule has 0 aromatic heterocycles. The molecule has 4 heteroatoms. The average molecular weight is 229 g/mol. The van der Waals surface area contributed by atoms with Crippen LogP contribution in [0.1, 0.15) is 53.4 Å². The van der Waals surface area contributed by atoms with Crippen LogP contribution in [0.25, 0.3) is 0 Å². The zero-order valence-electron chi connectivity index (χ0n) is 10.7. The second-order valence-corrected chi connectivity index (χ2v) is 4.64. The topological polar surface area (TPSA) is 58.9 Å². The predicted octanol–water partition coefficient (Wildman–Crippen LogP) is 2.98. The Morgan fingerprint density at radius 3 is 2.31 bits per heavy atom. The molecule has 0 unspecified atom stereocenters. The van der Waals surface area contributed by atoms with Crippen LogP contribution in [-0.2, 0) is 9.53 Å². The van der Waals surface area contributed by atoms with Gasteiger partial charge >= 0.3 is 5.97 Å². The van der Waals surface area contributed by atoms with E-state index in [2.05, 4.69) is 19.0 Å². The number of oxime groups is 1. The number of unbranched alkanes of at least 4 members (excludes halogenated alkanes) is 1. The molecular weight excluding hydrogens is 206 g/mol. The fourth-order valence-electron chi connectivity index (χ4n) is 1.32. The van der Waals surface area contributed by atoms with Gasteiger partial charge in [0.15, 0.2) is 5.71 Å². The van der Waals surface area contributed by atoms with Crippen molar-refractivity contribution in [2.75, 3.05) is 0 Å². The minimum atomic E-state index is -0.512. The van der Waals surface area contributed by atoms with E-state index in [-0.39, 0.29) is 11.8 Å². The second-order valence-electron chi connectivity index (χ2n) is 4.64. The third kappa shape index (κ3) is 7.26. The summed E-state index contributed by atoms with van der Waals surface area (Å²) in [5, 5.41) is 11.7. The van der Waals surface area contributed by atoms with Gasteiger partial charge in [-0.15, -0.1) is 0 Å². The van der Waals surface area contributed by atoms with Crippen molar-refractivity contribution in [2.45, 2.75) is 59.5 Å². The Balaban J connectivity index is 3.89. The Hall–Kier alpha value is -1.06. The fraction of sp³-hybridized carbons (Fsp3) is 0.833. The third-order valence-electron chi connectivity index (χ3n) is 2.14. The van der Waals surface area contributed by atoms with Crippen molar-refractivity contribution >= 4 is 11.7 Å². The number of nitrogens with zero attached hydrogens (tertiary/aromatic N) is 1. The zero-order valence-corrected chi connectivity index (χ0v) is 10.7. The molecule has 1 N–H and O–H groups in total. The summed E-state index contributed by atoms with van der Waals surface area (Å²) in [5.74, 6) is 0.152. The van der Waals surface area contributed by atoms with E-state index < -0.39 is 5.97 Å². The minimum Gasteiger partial charge on any atom is -0.458 e. The Labute approximate surface area is 97.7 Å². The molecule has 0 radical (unpaired) electrons. The van der Waals surface area contributed by atoms with E-state index in [1.54, 1.807) is 13.8 Å². The van der Waals surface area contributed by atoms with Crippen LogP contribution in [0, 0.1) is 5.92 Å². The molecular formula is C12H23NO3. The molecule has 0 atom stereocenters. The largest absolute Gasteiger partial charge is 0.458 e. The highest BCUT2D eigenvalue weighted by Crippen LogP contribution is 2.09. The SMILES string of the molecule is CC(C)CCCCC(=NO)C(=O)OC(C)C. The van der Waals surface area contributed by atoms with Crippen LogP contribution in [0.15, 0.2) is 5.16 Å². The van der Waals surface area contributed by atoms with Gasteiger partial charge in [-0.3, -0.25) is 0 Å². The van der Waals surface area contributed by atoms with E-state index in [4.69, 9.17) is 9.94 Å². The first-order chi connectivity index (χ1) is 7.47. The maximum Gasteiger partial charge on any atom is 0.356 e. The van der Waals surface area contributed by atoms with Gasteiger partial charge in [-0.2, -0.15) is 0 Å². The van der Waals surface area contributed by atoms with Gasteiger partial charge in [-0.05, 0) is 26.2 Å². The summed E-state index contributed by atoms with van der Waals surface area (Å²) >= 11 is 0. The van der Waals surface area contributed by atoms with Crippen molar-refractivity contribution in [2.24, 2.45) is 11.1 Å². The Morgan fingerprint density at radius 2 is 1.88 bits per heavy atom. The van der Waals surface area contributed by atoms with Crippen molar-refractivity contribution in [3.05, 3.63) is 0 Å². The van der Waals surface area contributed by atoms with Crippen molar-refractivity contribution in [3.63, 3.8) is 0 Å². The van der Waals surface area contributed by atoms with Gasteiger partial charge in [0, 0.05) is 6.42 Å². The number of hydrogen-bond donors (Lipinski definition) is 1. The van der Waals surface area contributed by atoms with Crippen LogP contribution < -0.4 is 0 Å². The first-order valence-electron chi connectivity index (χ1n) is 5.89. The monoisotopic (exact) mass is 229 g/mol. The van der Waals surface area contributed by atoms with E-state index in [0.717, 1.165) is 19.3 Å². The summed E-state index contributed by atoms with van der Waals surface area (Å²) in [6, 6.07) is 0. The lowest BCUT2D eigenvalue weighted by atomic mass is 10.0. The average Bonchev–Trinajstić information content (AvgIpc) is 2.16. The first-order valence-corrected chi connectivity index (χ1v) is 5.89. The number of hydrogen-bond acceptors (Lipinski definition) is 4. The van der Waals surface area contributed by atoms with Crippen LogP contribution in [-0.4, -0.2) is 23.0 Å². The molecule has 0 aromatic carbocycles. The smallest absolute Gasteiger partial charge is 0.356 e. The van der Waals surface area contributed by atoms with Crippen LogP contribution in [0.4, 0.5) is 0 Å². The number of rotatable bonds is 7. The number of carbonyl (C=O) groups excluding carboxylic acids is 1.